The fourth-order valence-electron chi connectivity index (χ4n) is 3.04. The summed E-state index contributed by atoms with van der Waals surface area (Å²) in [6.07, 6.45) is -0.440. The largest absolute Gasteiger partial charge is 0.481 e. The van der Waals surface area contributed by atoms with Gasteiger partial charge in [-0.3, -0.25) is 14.2 Å². The lowest BCUT2D eigenvalue weighted by atomic mass is 10.1. The fourth-order valence-corrected chi connectivity index (χ4v) is 3.74. The third kappa shape index (κ3) is 4.40. The van der Waals surface area contributed by atoms with E-state index in [1.54, 1.807) is 0 Å². The second-order valence-corrected chi connectivity index (χ2v) is 7.68. The highest BCUT2D eigenvalue weighted by Gasteiger charge is 2.29. The Kier molecular flexibility index (Phi) is 5.64. The van der Waals surface area contributed by atoms with E-state index in [1.165, 1.54) is 29.7 Å². The van der Waals surface area contributed by atoms with E-state index in [4.69, 9.17) is 16.7 Å². The van der Waals surface area contributed by atoms with E-state index in [0.29, 0.717) is 0 Å². The number of carbonyl (C=O) groups is 2. The molecular weight excluding hydrogens is 434 g/mol. The second kappa shape index (κ2) is 7.72. The highest BCUT2D eigenvalue weighted by Crippen LogP contribution is 2.37. The summed E-state index contributed by atoms with van der Waals surface area (Å²) < 4.78 is 52.5. The van der Waals surface area contributed by atoms with Crippen LogP contribution in [0.4, 0.5) is 17.6 Å². The third-order valence-corrected chi connectivity index (χ3v) is 5.27. The topological polar surface area (TPSA) is 59.3 Å². The number of fused-ring (bicyclic) bond motifs is 1. The first-order valence-corrected chi connectivity index (χ1v) is 9.28. The predicted octanol–water partition coefficient (Wildman–Crippen LogP) is 5.67. The van der Waals surface area contributed by atoms with Crippen LogP contribution < -0.4 is 0 Å². The number of carboxylic acids is 1. The molecule has 1 aromatic heterocycles. The molecule has 1 heterocycles. The van der Waals surface area contributed by atoms with Gasteiger partial charge >= 0.3 is 11.5 Å². The van der Waals surface area contributed by atoms with Gasteiger partial charge in [0.25, 0.3) is 5.91 Å². The van der Waals surface area contributed by atoms with Crippen LogP contribution >= 0.6 is 23.4 Å². The molecule has 2 aromatic carbocycles. The zero-order chi connectivity index (χ0) is 21.5. The lowest BCUT2D eigenvalue weighted by Crippen LogP contribution is -2.14. The summed E-state index contributed by atoms with van der Waals surface area (Å²) in [6.45, 7) is 1.51. The van der Waals surface area contributed by atoms with E-state index in [-0.39, 0.29) is 49.4 Å². The van der Waals surface area contributed by atoms with Crippen LogP contribution in [0.25, 0.3) is 10.9 Å². The number of alkyl halides is 3. The van der Waals surface area contributed by atoms with E-state index < -0.39 is 29.6 Å². The molecule has 0 saturated carbocycles. The monoisotopic (exact) mass is 445 g/mol. The lowest BCUT2D eigenvalue weighted by Gasteiger charge is -2.09. The molecule has 0 fully saturated rings. The first-order chi connectivity index (χ1) is 13.5. The maximum absolute atomic E-state index is 13.9. The maximum Gasteiger partial charge on any atom is 0.446 e. The van der Waals surface area contributed by atoms with Crippen LogP contribution in [0.15, 0.2) is 41.3 Å². The number of aromatic nitrogens is 1. The number of benzene rings is 2. The molecule has 0 unspecified atom stereocenters. The van der Waals surface area contributed by atoms with Crippen molar-refractivity contribution in [1.82, 2.24) is 4.57 Å². The number of nitrogens with zero attached hydrogens (tertiary/aromatic N) is 1. The molecule has 4 nitrogen and oxygen atoms in total. The van der Waals surface area contributed by atoms with Crippen LogP contribution in [0, 0.1) is 12.7 Å². The molecule has 0 aliphatic carbocycles. The standard InChI is InChI=1S/C19H12ClF4NO3S/c1-9-12(7-17(26)27)13-6-15(21)14(20)8-16(13)25(9)18(28)10-2-4-11(5-3-10)29-19(22,23)24/h2-6,8H,7H2,1H3,(H,26,27). The molecule has 1 N–H and O–H groups in total. The second-order valence-electron chi connectivity index (χ2n) is 6.13. The van der Waals surface area contributed by atoms with Crippen LogP contribution in [0.5, 0.6) is 0 Å². The minimum absolute atomic E-state index is 0.0823. The third-order valence-electron chi connectivity index (χ3n) is 4.24. The van der Waals surface area contributed by atoms with Gasteiger partial charge in [-0.1, -0.05) is 11.6 Å². The highest BCUT2D eigenvalue weighted by atomic mass is 35.5. The van der Waals surface area contributed by atoms with Crippen LogP contribution in [0.1, 0.15) is 21.6 Å². The summed E-state index contributed by atoms with van der Waals surface area (Å²) in [5.41, 5.74) is -3.63. The van der Waals surface area contributed by atoms with Crippen molar-refractivity contribution in [1.29, 1.82) is 0 Å². The Hall–Kier alpha value is -2.52. The normalized spacial score (nSPS) is 11.8. The molecule has 0 aliphatic heterocycles. The van der Waals surface area contributed by atoms with E-state index in [0.717, 1.165) is 18.2 Å². The molecule has 0 bridgehead atoms. The maximum atomic E-state index is 13.9. The van der Waals surface area contributed by atoms with E-state index >= 15 is 0 Å². The van der Waals surface area contributed by atoms with Crippen molar-refractivity contribution in [3.05, 3.63) is 64.1 Å². The number of hydrogen-bond donors (Lipinski definition) is 1. The summed E-state index contributed by atoms with van der Waals surface area (Å²) >= 11 is 5.53. The minimum Gasteiger partial charge on any atom is -0.481 e. The molecule has 10 heteroatoms. The van der Waals surface area contributed by atoms with E-state index in [2.05, 4.69) is 0 Å². The van der Waals surface area contributed by atoms with Crippen molar-refractivity contribution < 1.29 is 32.3 Å². The molecular formula is C19H12ClF4NO3S. The van der Waals surface area contributed by atoms with Crippen molar-refractivity contribution in [3.63, 3.8) is 0 Å². The van der Waals surface area contributed by atoms with E-state index in [1.807, 2.05) is 0 Å². The van der Waals surface area contributed by atoms with E-state index in [9.17, 15) is 27.2 Å². The Labute approximate surface area is 171 Å². The summed E-state index contributed by atoms with van der Waals surface area (Å²) in [6, 6.07) is 7.09. The van der Waals surface area contributed by atoms with Crippen molar-refractivity contribution in [2.45, 2.75) is 23.7 Å². The van der Waals surface area contributed by atoms with Crippen LogP contribution in [-0.2, 0) is 11.2 Å². The highest BCUT2D eigenvalue weighted by molar-refractivity contribution is 8.00. The Balaban J connectivity index is 2.11. The number of carboxylic acid groups (broad SMARTS) is 1. The summed E-state index contributed by atoms with van der Waals surface area (Å²) in [7, 11) is 0. The Morgan fingerprint density at radius 1 is 1.17 bits per heavy atom. The number of halogens is 5. The molecule has 0 aliphatic rings. The summed E-state index contributed by atoms with van der Waals surface area (Å²) in [4.78, 5) is 24.1. The summed E-state index contributed by atoms with van der Waals surface area (Å²) in [5.74, 6) is -2.53. The minimum atomic E-state index is -4.45. The van der Waals surface area contributed by atoms with Gasteiger partial charge in [-0.25, -0.2) is 4.39 Å². The van der Waals surface area contributed by atoms with Gasteiger partial charge in [0.15, 0.2) is 0 Å². The van der Waals surface area contributed by atoms with Crippen LogP contribution in [0.3, 0.4) is 0 Å². The van der Waals surface area contributed by atoms with Gasteiger partial charge in [-0.2, -0.15) is 13.2 Å². The number of hydrogen-bond acceptors (Lipinski definition) is 3. The predicted molar refractivity (Wildman–Crippen MR) is 101 cm³/mol. The van der Waals surface area contributed by atoms with Crippen molar-refractivity contribution in [2.24, 2.45) is 0 Å². The van der Waals surface area contributed by atoms with Gasteiger partial charge in [-0.15, -0.1) is 0 Å². The van der Waals surface area contributed by atoms with Gasteiger partial charge in [-0.05, 0) is 60.6 Å². The van der Waals surface area contributed by atoms with Crippen LogP contribution in [0.2, 0.25) is 5.02 Å². The smallest absolute Gasteiger partial charge is 0.446 e. The molecule has 3 aromatic rings. The number of aliphatic carboxylic acids is 1. The summed E-state index contributed by atoms with van der Waals surface area (Å²) in [5, 5.41) is 9.13. The zero-order valence-electron chi connectivity index (χ0n) is 14.7. The molecule has 3 rings (SSSR count). The average molecular weight is 446 g/mol. The zero-order valence-corrected chi connectivity index (χ0v) is 16.3. The molecule has 0 atom stereocenters. The van der Waals surface area contributed by atoms with Gasteiger partial charge < -0.3 is 5.11 Å². The Morgan fingerprint density at radius 2 is 1.79 bits per heavy atom. The first kappa shape index (κ1) is 21.2. The van der Waals surface area contributed by atoms with Crippen molar-refractivity contribution in [2.75, 3.05) is 0 Å². The molecule has 0 radical (unpaired) electrons. The quantitative estimate of drug-likeness (QED) is 0.415. The number of carbonyl (C=O) groups excluding carboxylic acids is 1. The first-order valence-electron chi connectivity index (χ1n) is 8.09. The van der Waals surface area contributed by atoms with Crippen molar-refractivity contribution in [3.8, 4) is 0 Å². The Morgan fingerprint density at radius 3 is 2.34 bits per heavy atom. The van der Waals surface area contributed by atoms with Crippen LogP contribution in [-0.4, -0.2) is 27.1 Å². The number of thioether (sulfide) groups is 1. The van der Waals surface area contributed by atoms with Crippen molar-refractivity contribution >= 4 is 46.1 Å². The molecule has 0 saturated heterocycles. The fraction of sp³-hybridized carbons (Fsp3) is 0.158. The van der Waals surface area contributed by atoms with Gasteiger partial charge in [0.1, 0.15) is 5.82 Å². The lowest BCUT2D eigenvalue weighted by molar-refractivity contribution is -0.136. The average Bonchev–Trinajstić information content (AvgIpc) is 2.85. The van der Waals surface area contributed by atoms with Gasteiger partial charge in [0, 0.05) is 21.5 Å². The molecule has 0 amide bonds. The SMILES string of the molecule is Cc1c(CC(=O)O)c2cc(F)c(Cl)cc2n1C(=O)c1ccc(SC(F)(F)F)cc1. The Bertz CT molecular complexity index is 1120. The molecule has 29 heavy (non-hydrogen) atoms. The molecule has 152 valence electrons. The van der Waals surface area contributed by atoms with Gasteiger partial charge in [0.05, 0.1) is 17.0 Å². The number of rotatable bonds is 4. The molecule has 0 spiro atoms. The van der Waals surface area contributed by atoms with Gasteiger partial charge in [0.2, 0.25) is 0 Å².